The van der Waals surface area contributed by atoms with Crippen molar-refractivity contribution in [1.82, 2.24) is 20.4 Å². The Hall–Kier alpha value is -2.51. The first kappa shape index (κ1) is 19.3. The lowest BCUT2D eigenvalue weighted by atomic mass is 9.96. The highest BCUT2D eigenvalue weighted by atomic mass is 35.5. The fraction of sp³-hybridized carbons (Fsp3) is 0.278. The number of aromatic nitrogens is 2. The number of nitrogens with one attached hydrogen (secondary N) is 2. The summed E-state index contributed by atoms with van der Waals surface area (Å²) >= 11 is 12.5. The maximum Gasteiger partial charge on any atom is 0.338 e. The first-order chi connectivity index (χ1) is 12.8. The zero-order chi connectivity index (χ0) is 19.7. The lowest BCUT2D eigenvalue weighted by Crippen LogP contribution is -2.45. The summed E-state index contributed by atoms with van der Waals surface area (Å²) in [5, 5.41) is 10.7. The van der Waals surface area contributed by atoms with Gasteiger partial charge in [0.15, 0.2) is 0 Å². The van der Waals surface area contributed by atoms with Gasteiger partial charge in [-0.2, -0.15) is 5.10 Å². The van der Waals surface area contributed by atoms with E-state index in [1.807, 2.05) is 0 Å². The number of allylic oxidation sites excluding steroid dienone is 1. The van der Waals surface area contributed by atoms with Crippen LogP contribution in [0.25, 0.3) is 5.69 Å². The van der Waals surface area contributed by atoms with Gasteiger partial charge in [0.2, 0.25) is 0 Å². The van der Waals surface area contributed by atoms with Gasteiger partial charge >= 0.3 is 12.0 Å². The number of hydrogen-bond donors (Lipinski definition) is 2. The second-order valence-electron chi connectivity index (χ2n) is 5.97. The molecule has 1 aliphatic rings. The average Bonchev–Trinajstić information content (AvgIpc) is 2.89. The number of amides is 2. The molecule has 0 saturated carbocycles. The Labute approximate surface area is 166 Å². The first-order valence-electron chi connectivity index (χ1n) is 8.29. The molecule has 2 amide bonds. The highest BCUT2D eigenvalue weighted by molar-refractivity contribution is 6.31. The third-order valence-corrected chi connectivity index (χ3v) is 4.79. The highest BCUT2D eigenvalue weighted by Crippen LogP contribution is 2.35. The fourth-order valence-electron chi connectivity index (χ4n) is 2.98. The third-order valence-electron chi connectivity index (χ3n) is 4.17. The summed E-state index contributed by atoms with van der Waals surface area (Å²) in [6, 6.07) is 5.80. The van der Waals surface area contributed by atoms with E-state index in [1.165, 1.54) is 4.68 Å². The summed E-state index contributed by atoms with van der Waals surface area (Å²) < 4.78 is 6.69. The summed E-state index contributed by atoms with van der Waals surface area (Å²) in [6.07, 6.45) is 0. The van der Waals surface area contributed by atoms with E-state index >= 15 is 0 Å². The van der Waals surface area contributed by atoms with E-state index in [9.17, 15) is 9.59 Å². The molecular formula is C18H18Cl2N4O3. The minimum atomic E-state index is -0.772. The van der Waals surface area contributed by atoms with E-state index in [0.29, 0.717) is 27.7 Å². The van der Waals surface area contributed by atoms with Crippen molar-refractivity contribution in [3.63, 3.8) is 0 Å². The van der Waals surface area contributed by atoms with Crippen LogP contribution in [0.1, 0.15) is 31.1 Å². The summed E-state index contributed by atoms with van der Waals surface area (Å²) in [4.78, 5) is 24.5. The molecule has 2 heterocycles. The van der Waals surface area contributed by atoms with Crippen LogP contribution in [0.15, 0.2) is 35.5 Å². The molecule has 2 aromatic rings. The largest absolute Gasteiger partial charge is 0.463 e. The number of ether oxygens (including phenoxy) is 1. The molecule has 0 fully saturated rings. The Morgan fingerprint density at radius 1 is 1.26 bits per heavy atom. The van der Waals surface area contributed by atoms with Crippen LogP contribution in [-0.2, 0) is 9.53 Å². The molecule has 0 bridgehead atoms. The smallest absolute Gasteiger partial charge is 0.338 e. The maximum atomic E-state index is 12.5. The average molecular weight is 409 g/mol. The van der Waals surface area contributed by atoms with Crippen molar-refractivity contribution in [3.05, 3.63) is 57.0 Å². The van der Waals surface area contributed by atoms with Gasteiger partial charge in [-0.3, -0.25) is 0 Å². The van der Waals surface area contributed by atoms with E-state index < -0.39 is 18.0 Å². The Morgan fingerprint density at radius 2 is 1.93 bits per heavy atom. The van der Waals surface area contributed by atoms with E-state index in [-0.39, 0.29) is 17.3 Å². The topological polar surface area (TPSA) is 85.2 Å². The number of hydrogen-bond acceptors (Lipinski definition) is 4. The van der Waals surface area contributed by atoms with Crippen molar-refractivity contribution < 1.29 is 14.3 Å². The molecule has 0 spiro atoms. The maximum absolute atomic E-state index is 12.5. The molecule has 3 rings (SSSR count). The molecule has 0 aliphatic carbocycles. The van der Waals surface area contributed by atoms with Crippen LogP contribution in [0.2, 0.25) is 10.2 Å². The van der Waals surface area contributed by atoms with Gasteiger partial charge in [0.25, 0.3) is 0 Å². The number of halogens is 2. The quantitative estimate of drug-likeness (QED) is 0.755. The molecule has 7 nitrogen and oxygen atoms in total. The fourth-order valence-corrected chi connectivity index (χ4v) is 3.49. The molecule has 1 aromatic carbocycles. The monoisotopic (exact) mass is 408 g/mol. The number of nitrogens with zero attached hydrogens (tertiary/aromatic N) is 2. The van der Waals surface area contributed by atoms with E-state index in [4.69, 9.17) is 27.9 Å². The molecule has 9 heteroatoms. The van der Waals surface area contributed by atoms with Crippen molar-refractivity contribution in [2.75, 3.05) is 6.61 Å². The van der Waals surface area contributed by atoms with Crippen LogP contribution in [0.4, 0.5) is 4.79 Å². The zero-order valence-corrected chi connectivity index (χ0v) is 16.5. The third kappa shape index (κ3) is 3.65. The molecule has 0 radical (unpaired) electrons. The SMILES string of the molecule is CCOC(=O)C1=C(C)NC(=O)N[C@@H]1c1c(C)nn(-c2ccc(Cl)cc2)c1Cl. The Kier molecular flexibility index (Phi) is 5.43. The molecule has 1 atom stereocenters. The van der Waals surface area contributed by atoms with E-state index in [1.54, 1.807) is 45.0 Å². The molecule has 1 aromatic heterocycles. The zero-order valence-electron chi connectivity index (χ0n) is 15.0. The predicted octanol–water partition coefficient (Wildman–Crippen LogP) is 3.68. The van der Waals surface area contributed by atoms with Crippen LogP contribution >= 0.6 is 23.2 Å². The Balaban J connectivity index is 2.11. The molecular weight excluding hydrogens is 391 g/mol. The standard InChI is InChI=1S/C18H18Cl2N4O3/c1-4-27-17(25)14-9(2)21-18(26)22-15(14)13-10(3)23-24(16(13)20)12-7-5-11(19)6-8-12/h5-8,15H,4H2,1-3H3,(H2,21,22,26)/t15-/m1/s1. The normalized spacial score (nSPS) is 16.8. The van der Waals surface area contributed by atoms with Gasteiger partial charge in [-0.15, -0.1) is 0 Å². The van der Waals surface area contributed by atoms with Gasteiger partial charge in [0, 0.05) is 16.3 Å². The Bertz CT molecular complexity index is 935. The second-order valence-corrected chi connectivity index (χ2v) is 6.76. The van der Waals surface area contributed by atoms with Crippen LogP contribution in [-0.4, -0.2) is 28.4 Å². The molecule has 1 aliphatic heterocycles. The van der Waals surface area contributed by atoms with Gasteiger partial charge in [0.1, 0.15) is 5.15 Å². The van der Waals surface area contributed by atoms with Crippen molar-refractivity contribution in [1.29, 1.82) is 0 Å². The van der Waals surface area contributed by atoms with Crippen LogP contribution < -0.4 is 10.6 Å². The molecule has 0 saturated heterocycles. The number of carbonyl (C=O) groups is 2. The van der Waals surface area contributed by atoms with Crippen LogP contribution in [0.3, 0.4) is 0 Å². The number of carbonyl (C=O) groups excluding carboxylic acids is 2. The van der Waals surface area contributed by atoms with Crippen LogP contribution in [0.5, 0.6) is 0 Å². The number of rotatable bonds is 4. The van der Waals surface area contributed by atoms with Gasteiger partial charge < -0.3 is 15.4 Å². The van der Waals surface area contributed by atoms with E-state index in [0.717, 1.165) is 0 Å². The molecule has 142 valence electrons. The first-order valence-corrected chi connectivity index (χ1v) is 9.05. The number of benzene rings is 1. The predicted molar refractivity (Wildman–Crippen MR) is 102 cm³/mol. The molecule has 0 unspecified atom stereocenters. The lowest BCUT2D eigenvalue weighted by molar-refractivity contribution is -0.139. The number of esters is 1. The summed E-state index contributed by atoms with van der Waals surface area (Å²) in [7, 11) is 0. The number of urea groups is 1. The minimum Gasteiger partial charge on any atom is -0.463 e. The van der Waals surface area contributed by atoms with Crippen molar-refractivity contribution in [2.24, 2.45) is 0 Å². The highest BCUT2D eigenvalue weighted by Gasteiger charge is 2.36. The van der Waals surface area contributed by atoms with Gasteiger partial charge in [-0.05, 0) is 45.0 Å². The molecule has 2 N–H and O–H groups in total. The Morgan fingerprint density at radius 3 is 2.56 bits per heavy atom. The van der Waals surface area contributed by atoms with Gasteiger partial charge in [-0.1, -0.05) is 23.2 Å². The van der Waals surface area contributed by atoms with E-state index in [2.05, 4.69) is 15.7 Å². The summed E-state index contributed by atoms with van der Waals surface area (Å²) in [6.45, 7) is 5.34. The summed E-state index contributed by atoms with van der Waals surface area (Å²) in [5.41, 5.74) is 2.52. The van der Waals surface area contributed by atoms with Crippen molar-refractivity contribution >= 4 is 35.2 Å². The summed E-state index contributed by atoms with van der Waals surface area (Å²) in [5.74, 6) is -0.526. The van der Waals surface area contributed by atoms with Crippen molar-refractivity contribution in [3.8, 4) is 5.69 Å². The number of aryl methyl sites for hydroxylation is 1. The van der Waals surface area contributed by atoms with Gasteiger partial charge in [0.05, 0.1) is 29.6 Å². The second kappa shape index (κ2) is 7.62. The van der Waals surface area contributed by atoms with Crippen LogP contribution in [0, 0.1) is 6.92 Å². The minimum absolute atomic E-state index is 0.215. The lowest BCUT2D eigenvalue weighted by Gasteiger charge is -2.27. The van der Waals surface area contributed by atoms with Crippen molar-refractivity contribution in [2.45, 2.75) is 26.8 Å². The van der Waals surface area contributed by atoms with Gasteiger partial charge in [-0.25, -0.2) is 14.3 Å². The molecule has 27 heavy (non-hydrogen) atoms.